The molecule has 0 radical (unpaired) electrons. The molecule has 3 aromatic rings. The number of sulfonamides is 1. The van der Waals surface area contributed by atoms with E-state index in [0.29, 0.717) is 0 Å². The summed E-state index contributed by atoms with van der Waals surface area (Å²) < 4.78 is 28.2. The van der Waals surface area contributed by atoms with Gasteiger partial charge in [0.05, 0.1) is 23.3 Å². The predicted molar refractivity (Wildman–Crippen MR) is 118 cm³/mol. The summed E-state index contributed by atoms with van der Waals surface area (Å²) in [7, 11) is -3.92. The number of aryl methyl sites for hydroxylation is 1. The molecule has 0 spiro atoms. The third kappa shape index (κ3) is 4.57. The minimum Gasteiger partial charge on any atom is -0.459 e. The van der Waals surface area contributed by atoms with Gasteiger partial charge in [-0.3, -0.25) is 14.4 Å². The second-order valence-electron chi connectivity index (χ2n) is 7.72. The summed E-state index contributed by atoms with van der Waals surface area (Å²) in [6, 6.07) is 14.6. The molecule has 2 N–H and O–H groups in total. The van der Waals surface area contributed by atoms with Crippen molar-refractivity contribution < 1.29 is 27.2 Å². The second-order valence-corrected chi connectivity index (χ2v) is 9.28. The molecule has 10 heteroatoms. The first kappa shape index (κ1) is 22.4. The number of furan rings is 1. The molecule has 1 saturated heterocycles. The second kappa shape index (κ2) is 8.64. The van der Waals surface area contributed by atoms with Crippen LogP contribution in [0, 0.1) is 6.92 Å². The molecule has 1 fully saturated rings. The zero-order chi connectivity index (χ0) is 23.8. The van der Waals surface area contributed by atoms with Gasteiger partial charge in [-0.05, 0) is 48.9 Å². The van der Waals surface area contributed by atoms with Gasteiger partial charge in [-0.1, -0.05) is 29.8 Å². The first-order valence-electron chi connectivity index (χ1n) is 10.0. The highest BCUT2D eigenvalue weighted by Crippen LogP contribution is 2.28. The van der Waals surface area contributed by atoms with Crippen LogP contribution in [0.25, 0.3) is 0 Å². The van der Waals surface area contributed by atoms with E-state index in [1.807, 2.05) is 31.2 Å². The van der Waals surface area contributed by atoms with E-state index in [4.69, 9.17) is 9.56 Å². The van der Waals surface area contributed by atoms with E-state index in [2.05, 4.69) is 0 Å². The van der Waals surface area contributed by atoms with Gasteiger partial charge in [0, 0.05) is 6.54 Å². The number of hydrogen-bond donors (Lipinski definition) is 1. The normalized spacial score (nSPS) is 16.3. The number of anilines is 1. The highest BCUT2D eigenvalue weighted by Gasteiger charge is 2.45. The van der Waals surface area contributed by atoms with Gasteiger partial charge in [0.15, 0.2) is 5.76 Å². The van der Waals surface area contributed by atoms with Crippen molar-refractivity contribution in [2.24, 2.45) is 5.14 Å². The standard InChI is InChI=1S/C23H21N3O6S/c1-15-4-6-16(7-5-15)14-25(23(29)20-3-2-12-32-20)19-13-21(27)26(22(19)28)17-8-10-18(11-9-17)33(24,30)31/h2-12,19H,13-14H2,1H3,(H2,24,30,31). The molecule has 3 amide bonds. The average molecular weight is 468 g/mol. The van der Waals surface area contributed by atoms with Gasteiger partial charge in [-0.2, -0.15) is 0 Å². The Hall–Kier alpha value is -3.76. The number of rotatable bonds is 6. The number of primary sulfonamides is 1. The summed E-state index contributed by atoms with van der Waals surface area (Å²) in [5, 5.41) is 5.11. The molecule has 2 heterocycles. The SMILES string of the molecule is Cc1ccc(CN(C(=O)c2ccco2)C2CC(=O)N(c3ccc(S(N)(=O)=O)cc3)C2=O)cc1. The molecule has 33 heavy (non-hydrogen) atoms. The van der Waals surface area contributed by atoms with E-state index >= 15 is 0 Å². The molecule has 1 aliphatic rings. The molecule has 1 atom stereocenters. The van der Waals surface area contributed by atoms with Crippen LogP contribution in [0.1, 0.15) is 28.1 Å². The molecular formula is C23H21N3O6S. The number of benzene rings is 2. The number of hydrogen-bond acceptors (Lipinski definition) is 6. The lowest BCUT2D eigenvalue weighted by Gasteiger charge is -2.27. The number of imide groups is 1. The Bertz CT molecular complexity index is 1300. The number of amides is 3. The quantitative estimate of drug-likeness (QED) is 0.553. The van der Waals surface area contributed by atoms with Crippen LogP contribution in [0.4, 0.5) is 5.69 Å². The van der Waals surface area contributed by atoms with E-state index in [1.165, 1.54) is 41.5 Å². The maximum atomic E-state index is 13.3. The van der Waals surface area contributed by atoms with Gasteiger partial charge in [-0.25, -0.2) is 18.5 Å². The lowest BCUT2D eigenvalue weighted by atomic mass is 10.1. The van der Waals surface area contributed by atoms with E-state index in [-0.39, 0.29) is 29.3 Å². The Morgan fingerprint density at radius 3 is 2.33 bits per heavy atom. The maximum absolute atomic E-state index is 13.3. The molecule has 2 aromatic carbocycles. The molecular weight excluding hydrogens is 446 g/mol. The van der Waals surface area contributed by atoms with E-state index in [0.717, 1.165) is 16.0 Å². The van der Waals surface area contributed by atoms with E-state index < -0.39 is 33.8 Å². The number of nitrogens with two attached hydrogens (primary N) is 1. The molecule has 0 bridgehead atoms. The third-order valence-corrected chi connectivity index (χ3v) is 6.32. The lowest BCUT2D eigenvalue weighted by Crippen LogP contribution is -2.45. The number of carbonyl (C=O) groups is 3. The summed E-state index contributed by atoms with van der Waals surface area (Å²) in [4.78, 5) is 41.4. The molecule has 0 aliphatic carbocycles. The van der Waals surface area contributed by atoms with Gasteiger partial charge in [-0.15, -0.1) is 0 Å². The summed E-state index contributed by atoms with van der Waals surface area (Å²) in [6.45, 7) is 2.04. The summed E-state index contributed by atoms with van der Waals surface area (Å²) in [6.07, 6.45) is 1.15. The van der Waals surface area contributed by atoms with Crippen molar-refractivity contribution in [3.05, 3.63) is 83.8 Å². The zero-order valence-corrected chi connectivity index (χ0v) is 18.5. The molecule has 4 rings (SSSR count). The molecule has 1 aromatic heterocycles. The van der Waals surface area contributed by atoms with E-state index in [9.17, 15) is 22.8 Å². The van der Waals surface area contributed by atoms with Gasteiger partial charge < -0.3 is 9.32 Å². The fourth-order valence-electron chi connectivity index (χ4n) is 3.67. The molecule has 9 nitrogen and oxygen atoms in total. The van der Waals surface area contributed by atoms with Crippen LogP contribution in [-0.2, 0) is 26.2 Å². The Balaban J connectivity index is 1.65. The molecule has 1 unspecified atom stereocenters. The number of nitrogens with zero attached hydrogens (tertiary/aromatic N) is 2. The van der Waals surface area contributed by atoms with Crippen molar-refractivity contribution in [1.29, 1.82) is 0 Å². The van der Waals surface area contributed by atoms with Crippen LogP contribution in [0.3, 0.4) is 0 Å². The first-order valence-corrected chi connectivity index (χ1v) is 11.6. The molecule has 0 saturated carbocycles. The Labute approximate surface area is 190 Å². The van der Waals surface area contributed by atoms with Crippen LogP contribution < -0.4 is 10.0 Å². The lowest BCUT2D eigenvalue weighted by molar-refractivity contribution is -0.122. The topological polar surface area (TPSA) is 131 Å². The Morgan fingerprint density at radius 2 is 1.76 bits per heavy atom. The molecule has 170 valence electrons. The van der Waals surface area contributed by atoms with Crippen molar-refractivity contribution in [1.82, 2.24) is 4.90 Å². The van der Waals surface area contributed by atoms with Gasteiger partial charge in [0.25, 0.3) is 11.8 Å². The van der Waals surface area contributed by atoms with Crippen LogP contribution in [-0.4, -0.2) is 37.1 Å². The summed E-state index contributed by atoms with van der Waals surface area (Å²) >= 11 is 0. The minimum atomic E-state index is -3.92. The van der Waals surface area contributed by atoms with Crippen LogP contribution >= 0.6 is 0 Å². The zero-order valence-electron chi connectivity index (χ0n) is 17.7. The van der Waals surface area contributed by atoms with Gasteiger partial charge in [0.1, 0.15) is 6.04 Å². The summed E-state index contributed by atoms with van der Waals surface area (Å²) in [5.41, 5.74) is 2.03. The van der Waals surface area contributed by atoms with Crippen LogP contribution in [0.2, 0.25) is 0 Å². The Kier molecular flexibility index (Phi) is 5.88. The highest BCUT2D eigenvalue weighted by molar-refractivity contribution is 7.89. The van der Waals surface area contributed by atoms with Crippen molar-refractivity contribution in [2.75, 3.05) is 4.90 Å². The number of carbonyl (C=O) groups excluding carboxylic acids is 3. The predicted octanol–water partition coefficient (Wildman–Crippen LogP) is 2.21. The monoisotopic (exact) mass is 467 g/mol. The average Bonchev–Trinajstić information content (AvgIpc) is 3.41. The van der Waals surface area contributed by atoms with Gasteiger partial charge in [0.2, 0.25) is 15.9 Å². The van der Waals surface area contributed by atoms with E-state index in [1.54, 1.807) is 6.07 Å². The largest absolute Gasteiger partial charge is 0.459 e. The molecule has 1 aliphatic heterocycles. The first-order chi connectivity index (χ1) is 15.6. The fraction of sp³-hybridized carbons (Fsp3) is 0.174. The summed E-state index contributed by atoms with van der Waals surface area (Å²) in [5.74, 6) is -1.55. The maximum Gasteiger partial charge on any atom is 0.290 e. The smallest absolute Gasteiger partial charge is 0.290 e. The van der Waals surface area contributed by atoms with Crippen molar-refractivity contribution >= 4 is 33.4 Å². The van der Waals surface area contributed by atoms with Crippen molar-refractivity contribution in [3.8, 4) is 0 Å². The van der Waals surface area contributed by atoms with Crippen LogP contribution in [0.15, 0.2) is 76.2 Å². The third-order valence-electron chi connectivity index (χ3n) is 5.39. The highest BCUT2D eigenvalue weighted by atomic mass is 32.2. The van der Waals surface area contributed by atoms with Crippen LogP contribution in [0.5, 0.6) is 0 Å². The Morgan fingerprint density at radius 1 is 1.09 bits per heavy atom. The van der Waals surface area contributed by atoms with Crippen molar-refractivity contribution in [3.63, 3.8) is 0 Å². The van der Waals surface area contributed by atoms with Crippen molar-refractivity contribution in [2.45, 2.75) is 30.8 Å². The van der Waals surface area contributed by atoms with Gasteiger partial charge >= 0.3 is 0 Å². The minimum absolute atomic E-state index is 0.0540. The fourth-order valence-corrected chi connectivity index (χ4v) is 4.19.